The van der Waals surface area contributed by atoms with Crippen LogP contribution in [0.2, 0.25) is 0 Å². The maximum atomic E-state index is 12.2. The Morgan fingerprint density at radius 2 is 1.81 bits per heavy atom. The maximum Gasteiger partial charge on any atom is 0.257 e. The molecular weight excluding hydrogens is 288 g/mol. The third-order valence-electron chi connectivity index (χ3n) is 3.32. The molecular formula is C15H22N2O3S. The van der Waals surface area contributed by atoms with Crippen molar-refractivity contribution in [3.05, 3.63) is 24.2 Å². The van der Waals surface area contributed by atoms with Gasteiger partial charge in [0.15, 0.2) is 0 Å². The summed E-state index contributed by atoms with van der Waals surface area (Å²) in [5.74, 6) is 0.629. The number of hydrogen-bond donors (Lipinski definition) is 0. The van der Waals surface area contributed by atoms with Gasteiger partial charge in [-0.3, -0.25) is 9.59 Å². The van der Waals surface area contributed by atoms with E-state index in [9.17, 15) is 9.59 Å². The van der Waals surface area contributed by atoms with Crippen molar-refractivity contribution in [1.29, 1.82) is 0 Å². The first-order valence-electron chi connectivity index (χ1n) is 7.10. The van der Waals surface area contributed by atoms with E-state index in [0.29, 0.717) is 37.5 Å². The molecule has 2 amide bonds. The first-order chi connectivity index (χ1) is 9.87. The molecule has 0 radical (unpaired) electrons. The highest BCUT2D eigenvalue weighted by molar-refractivity contribution is 8.01. The zero-order valence-corrected chi connectivity index (χ0v) is 13.6. The van der Waals surface area contributed by atoms with E-state index >= 15 is 0 Å². The van der Waals surface area contributed by atoms with Crippen LogP contribution in [0, 0.1) is 0 Å². The monoisotopic (exact) mass is 310 g/mol. The van der Waals surface area contributed by atoms with Crippen molar-refractivity contribution in [2.75, 3.05) is 31.9 Å². The predicted octanol–water partition coefficient (Wildman–Crippen LogP) is 2.10. The van der Waals surface area contributed by atoms with Gasteiger partial charge in [0.25, 0.3) is 5.91 Å². The second-order valence-corrected chi connectivity index (χ2v) is 7.89. The van der Waals surface area contributed by atoms with Gasteiger partial charge >= 0.3 is 0 Å². The maximum absolute atomic E-state index is 12.2. The van der Waals surface area contributed by atoms with Crippen LogP contribution in [0.3, 0.4) is 0 Å². The lowest BCUT2D eigenvalue weighted by atomic mass is 10.2. The van der Waals surface area contributed by atoms with Crippen LogP contribution in [0.4, 0.5) is 0 Å². The van der Waals surface area contributed by atoms with E-state index in [-0.39, 0.29) is 16.6 Å². The van der Waals surface area contributed by atoms with Gasteiger partial charge in [0.1, 0.15) is 6.26 Å². The molecule has 5 nitrogen and oxygen atoms in total. The summed E-state index contributed by atoms with van der Waals surface area (Å²) in [6.45, 7) is 8.68. The van der Waals surface area contributed by atoms with E-state index in [1.807, 2.05) is 4.90 Å². The lowest BCUT2D eigenvalue weighted by molar-refractivity contribution is -0.129. The molecule has 1 aliphatic rings. The van der Waals surface area contributed by atoms with Gasteiger partial charge in [0.05, 0.1) is 17.6 Å². The van der Waals surface area contributed by atoms with Crippen LogP contribution in [0.15, 0.2) is 23.0 Å². The third-order valence-corrected chi connectivity index (χ3v) is 4.57. The highest BCUT2D eigenvalue weighted by Crippen LogP contribution is 2.23. The average Bonchev–Trinajstić information content (AvgIpc) is 2.97. The van der Waals surface area contributed by atoms with Crippen LogP contribution < -0.4 is 0 Å². The van der Waals surface area contributed by atoms with Crippen LogP contribution in [0.25, 0.3) is 0 Å². The number of amides is 2. The fourth-order valence-electron chi connectivity index (χ4n) is 2.10. The Balaban J connectivity index is 1.80. The molecule has 0 bridgehead atoms. The number of nitrogens with zero attached hydrogens (tertiary/aromatic N) is 2. The van der Waals surface area contributed by atoms with Crippen LogP contribution in [0.5, 0.6) is 0 Å². The number of carbonyl (C=O) groups is 2. The van der Waals surface area contributed by atoms with E-state index < -0.39 is 0 Å². The minimum atomic E-state index is -0.0279. The van der Waals surface area contributed by atoms with E-state index in [4.69, 9.17) is 4.42 Å². The van der Waals surface area contributed by atoms with Crippen molar-refractivity contribution in [2.45, 2.75) is 25.5 Å². The molecule has 0 spiro atoms. The second kappa shape index (κ2) is 6.56. The molecule has 1 fully saturated rings. The predicted molar refractivity (Wildman–Crippen MR) is 83.4 cm³/mol. The van der Waals surface area contributed by atoms with Crippen molar-refractivity contribution in [2.24, 2.45) is 0 Å². The Labute approximate surface area is 129 Å². The minimum absolute atomic E-state index is 0.0279. The van der Waals surface area contributed by atoms with Crippen molar-refractivity contribution in [3.8, 4) is 0 Å². The van der Waals surface area contributed by atoms with E-state index in [1.165, 1.54) is 12.5 Å². The van der Waals surface area contributed by atoms with Crippen molar-refractivity contribution in [3.63, 3.8) is 0 Å². The number of piperazine rings is 1. The standard InChI is InChI=1S/C15H22N2O3S/c1-15(2,3)21-11-13(18)16-5-7-17(8-6-16)14(19)12-4-9-20-10-12/h4,9-10H,5-8,11H2,1-3H3. The van der Waals surface area contributed by atoms with E-state index in [1.54, 1.807) is 22.7 Å². The Morgan fingerprint density at radius 1 is 1.19 bits per heavy atom. The molecule has 1 aromatic rings. The Bertz CT molecular complexity index is 486. The van der Waals surface area contributed by atoms with Crippen LogP contribution >= 0.6 is 11.8 Å². The summed E-state index contributed by atoms with van der Waals surface area (Å²) < 4.78 is 5.03. The lowest BCUT2D eigenvalue weighted by Crippen LogP contribution is -2.51. The highest BCUT2D eigenvalue weighted by atomic mass is 32.2. The SMILES string of the molecule is CC(C)(C)SCC(=O)N1CCN(C(=O)c2ccoc2)CC1. The molecule has 0 saturated carbocycles. The summed E-state index contributed by atoms with van der Waals surface area (Å²) in [5.41, 5.74) is 0.568. The molecule has 0 N–H and O–H groups in total. The number of rotatable bonds is 3. The molecule has 1 aromatic heterocycles. The molecule has 2 heterocycles. The number of thioether (sulfide) groups is 1. The Morgan fingerprint density at radius 3 is 2.33 bits per heavy atom. The Kier molecular flexibility index (Phi) is 4.98. The van der Waals surface area contributed by atoms with Gasteiger partial charge in [-0.05, 0) is 6.07 Å². The van der Waals surface area contributed by atoms with Gasteiger partial charge in [-0.25, -0.2) is 0 Å². The molecule has 1 saturated heterocycles. The third kappa shape index (κ3) is 4.52. The molecule has 0 atom stereocenters. The topological polar surface area (TPSA) is 53.8 Å². The van der Waals surface area contributed by atoms with Crippen LogP contribution in [-0.2, 0) is 4.79 Å². The van der Waals surface area contributed by atoms with E-state index in [0.717, 1.165) is 0 Å². The smallest absolute Gasteiger partial charge is 0.257 e. The fraction of sp³-hybridized carbons (Fsp3) is 0.600. The summed E-state index contributed by atoms with van der Waals surface area (Å²) in [5, 5.41) is 0. The first-order valence-corrected chi connectivity index (χ1v) is 8.08. The molecule has 2 rings (SSSR count). The van der Waals surface area contributed by atoms with Gasteiger partial charge < -0.3 is 14.2 Å². The van der Waals surface area contributed by atoms with Crippen molar-refractivity contribution in [1.82, 2.24) is 9.80 Å². The second-order valence-electron chi connectivity index (χ2n) is 6.09. The lowest BCUT2D eigenvalue weighted by Gasteiger charge is -2.35. The first kappa shape index (κ1) is 15.9. The van der Waals surface area contributed by atoms with Gasteiger partial charge in [0.2, 0.25) is 5.91 Å². The van der Waals surface area contributed by atoms with Crippen molar-refractivity contribution >= 4 is 23.6 Å². The van der Waals surface area contributed by atoms with Gasteiger partial charge in [-0.15, -0.1) is 11.8 Å². The van der Waals surface area contributed by atoms with E-state index in [2.05, 4.69) is 20.8 Å². The molecule has 6 heteroatoms. The van der Waals surface area contributed by atoms with Gasteiger partial charge in [0, 0.05) is 30.9 Å². The summed E-state index contributed by atoms with van der Waals surface area (Å²) in [6.07, 6.45) is 2.95. The summed E-state index contributed by atoms with van der Waals surface area (Å²) in [4.78, 5) is 27.9. The summed E-state index contributed by atoms with van der Waals surface area (Å²) in [6, 6.07) is 1.67. The minimum Gasteiger partial charge on any atom is -0.472 e. The van der Waals surface area contributed by atoms with Gasteiger partial charge in [-0.1, -0.05) is 20.8 Å². The fourth-order valence-corrected chi connectivity index (χ4v) is 2.84. The molecule has 0 unspecified atom stereocenters. The zero-order chi connectivity index (χ0) is 15.5. The molecule has 1 aliphatic heterocycles. The number of carbonyl (C=O) groups excluding carboxylic acids is 2. The highest BCUT2D eigenvalue weighted by Gasteiger charge is 2.26. The van der Waals surface area contributed by atoms with Crippen LogP contribution in [-0.4, -0.2) is 58.3 Å². The van der Waals surface area contributed by atoms with Gasteiger partial charge in [-0.2, -0.15) is 0 Å². The quantitative estimate of drug-likeness (QED) is 0.858. The summed E-state index contributed by atoms with van der Waals surface area (Å²) in [7, 11) is 0. The Hall–Kier alpha value is -1.43. The normalized spacial score (nSPS) is 16.1. The number of hydrogen-bond acceptors (Lipinski definition) is 4. The largest absolute Gasteiger partial charge is 0.472 e. The zero-order valence-electron chi connectivity index (χ0n) is 12.8. The molecule has 0 aromatic carbocycles. The number of furan rings is 1. The molecule has 116 valence electrons. The van der Waals surface area contributed by atoms with Crippen LogP contribution in [0.1, 0.15) is 31.1 Å². The van der Waals surface area contributed by atoms with Crippen molar-refractivity contribution < 1.29 is 14.0 Å². The summed E-state index contributed by atoms with van der Waals surface area (Å²) >= 11 is 1.66. The average molecular weight is 310 g/mol. The molecule has 21 heavy (non-hydrogen) atoms. The molecule has 0 aliphatic carbocycles.